The lowest BCUT2D eigenvalue weighted by molar-refractivity contribution is -0.139. The fourth-order valence-electron chi connectivity index (χ4n) is 3.62. The van der Waals surface area contributed by atoms with Crippen molar-refractivity contribution < 1.29 is 23.1 Å². The fourth-order valence-corrected chi connectivity index (χ4v) is 5.86. The zero-order chi connectivity index (χ0) is 26.0. The van der Waals surface area contributed by atoms with Crippen molar-refractivity contribution in [3.63, 3.8) is 0 Å². The molecule has 0 aliphatic rings. The molecule has 3 aromatic rings. The quantitative estimate of drug-likeness (QED) is 0.222. The van der Waals surface area contributed by atoms with Gasteiger partial charge in [-0.15, -0.1) is 11.3 Å². The van der Waals surface area contributed by atoms with Crippen molar-refractivity contribution in [3.8, 4) is 11.1 Å². The summed E-state index contributed by atoms with van der Waals surface area (Å²) in [6.07, 6.45) is 3.23. The number of halogens is 1. The normalized spacial score (nSPS) is 12.2. The van der Waals surface area contributed by atoms with Crippen LogP contribution in [-0.4, -0.2) is 38.0 Å². The maximum atomic E-state index is 12.8. The Hall–Kier alpha value is -2.53. The lowest BCUT2D eigenvalue weighted by atomic mass is 10.1. The van der Waals surface area contributed by atoms with Crippen molar-refractivity contribution in [3.05, 3.63) is 75.4 Å². The number of aliphatic carboxylic acids is 1. The number of hydrogen-bond acceptors (Lipinski definition) is 5. The van der Waals surface area contributed by atoms with Crippen LogP contribution in [-0.2, 0) is 26.0 Å². The largest absolute Gasteiger partial charge is 0.480 e. The Morgan fingerprint density at radius 1 is 0.944 bits per heavy atom. The molecule has 7 nitrogen and oxygen atoms in total. The third kappa shape index (κ3) is 8.85. The van der Waals surface area contributed by atoms with Crippen LogP contribution >= 0.6 is 27.3 Å². The van der Waals surface area contributed by atoms with Gasteiger partial charge in [-0.1, -0.05) is 46.3 Å². The number of thiophene rings is 1. The van der Waals surface area contributed by atoms with Crippen LogP contribution in [0.25, 0.3) is 11.1 Å². The van der Waals surface area contributed by atoms with Crippen LogP contribution in [0.3, 0.4) is 0 Å². The number of aryl methyl sites for hydroxylation is 1. The first-order chi connectivity index (χ1) is 17.2. The van der Waals surface area contributed by atoms with Crippen molar-refractivity contribution >= 4 is 49.2 Å². The van der Waals surface area contributed by atoms with Crippen molar-refractivity contribution in [2.45, 2.75) is 49.5 Å². The van der Waals surface area contributed by atoms with Gasteiger partial charge in [-0.05, 0) is 78.9 Å². The Bertz CT molecular complexity index is 1230. The minimum Gasteiger partial charge on any atom is -0.480 e. The highest BCUT2D eigenvalue weighted by molar-refractivity contribution is 9.10. The van der Waals surface area contributed by atoms with Crippen LogP contribution in [0.2, 0.25) is 0 Å². The van der Waals surface area contributed by atoms with Gasteiger partial charge in [0, 0.05) is 22.3 Å². The van der Waals surface area contributed by atoms with E-state index >= 15 is 0 Å². The maximum Gasteiger partial charge on any atom is 0.321 e. The molecule has 10 heteroatoms. The zero-order valence-corrected chi connectivity index (χ0v) is 22.9. The number of carbonyl (C=O) groups excluding carboxylic acids is 1. The molecule has 0 bridgehead atoms. The van der Waals surface area contributed by atoms with E-state index in [9.17, 15) is 23.1 Å². The van der Waals surface area contributed by atoms with Gasteiger partial charge in [0.15, 0.2) is 0 Å². The van der Waals surface area contributed by atoms with Gasteiger partial charge in [-0.3, -0.25) is 9.59 Å². The molecule has 192 valence electrons. The number of sulfonamides is 1. The van der Waals surface area contributed by atoms with Crippen LogP contribution in [0, 0.1) is 0 Å². The van der Waals surface area contributed by atoms with E-state index < -0.39 is 22.0 Å². The predicted octanol–water partition coefficient (Wildman–Crippen LogP) is 5.22. The molecule has 1 aromatic heterocycles. The van der Waals surface area contributed by atoms with E-state index in [-0.39, 0.29) is 17.2 Å². The standard InChI is InChI=1S/C26H29BrN2O5S2/c27-21-13-9-19(10-14-21)20-11-15-23(16-12-20)36(33,34)29-24(26(31)32)7-1-2-17-28-25(30)8-3-5-22-6-4-18-35-22/h4,6,9-16,18,24,29H,1-3,5,7-8,17H2,(H,28,30)(H,31,32). The van der Waals surface area contributed by atoms with Crippen molar-refractivity contribution in [2.75, 3.05) is 6.54 Å². The summed E-state index contributed by atoms with van der Waals surface area (Å²) in [6.45, 7) is 0.425. The summed E-state index contributed by atoms with van der Waals surface area (Å²) in [4.78, 5) is 24.9. The maximum absolute atomic E-state index is 12.8. The first kappa shape index (κ1) is 28.0. The van der Waals surface area contributed by atoms with Crippen LogP contribution in [0.4, 0.5) is 0 Å². The molecule has 2 aromatic carbocycles. The molecular weight excluding hydrogens is 564 g/mol. The first-order valence-corrected chi connectivity index (χ1v) is 14.8. The number of carboxylic acids is 1. The van der Waals surface area contributed by atoms with Gasteiger partial charge >= 0.3 is 5.97 Å². The Balaban J connectivity index is 1.43. The van der Waals surface area contributed by atoms with Crippen LogP contribution in [0.5, 0.6) is 0 Å². The van der Waals surface area contributed by atoms with E-state index in [1.54, 1.807) is 23.5 Å². The van der Waals surface area contributed by atoms with E-state index in [2.05, 4.69) is 32.0 Å². The minimum atomic E-state index is -4.00. The second kappa shape index (κ2) is 13.7. The molecule has 0 saturated heterocycles. The number of unbranched alkanes of at least 4 members (excludes halogenated alkanes) is 1. The monoisotopic (exact) mass is 592 g/mol. The molecule has 0 radical (unpaired) electrons. The Morgan fingerprint density at radius 2 is 1.61 bits per heavy atom. The molecule has 3 rings (SSSR count). The molecule has 0 saturated carbocycles. The Kier molecular flexibility index (Phi) is 10.7. The summed E-state index contributed by atoms with van der Waals surface area (Å²) in [7, 11) is -4.00. The summed E-state index contributed by atoms with van der Waals surface area (Å²) >= 11 is 5.06. The van der Waals surface area contributed by atoms with Gasteiger partial charge in [0.05, 0.1) is 4.90 Å². The highest BCUT2D eigenvalue weighted by Crippen LogP contribution is 2.23. The number of hydrogen-bond donors (Lipinski definition) is 3. The summed E-state index contributed by atoms with van der Waals surface area (Å²) in [5.41, 5.74) is 1.79. The molecule has 1 heterocycles. The van der Waals surface area contributed by atoms with E-state index in [1.807, 2.05) is 35.7 Å². The summed E-state index contributed by atoms with van der Waals surface area (Å²) in [5.74, 6) is -1.27. The van der Waals surface area contributed by atoms with Gasteiger partial charge in [0.2, 0.25) is 15.9 Å². The number of amides is 1. The van der Waals surface area contributed by atoms with Crippen LogP contribution in [0.1, 0.15) is 37.0 Å². The Morgan fingerprint density at radius 3 is 2.22 bits per heavy atom. The molecule has 0 aliphatic heterocycles. The number of nitrogens with one attached hydrogen (secondary N) is 2. The highest BCUT2D eigenvalue weighted by Gasteiger charge is 2.25. The summed E-state index contributed by atoms with van der Waals surface area (Å²) in [5, 5.41) is 14.4. The third-order valence-corrected chi connectivity index (χ3v) is 8.54. The fraction of sp³-hybridized carbons (Fsp3) is 0.308. The van der Waals surface area contributed by atoms with Crippen LogP contribution < -0.4 is 10.0 Å². The number of benzene rings is 2. The molecule has 0 spiro atoms. The van der Waals surface area contributed by atoms with Crippen LogP contribution in [0.15, 0.2) is 75.4 Å². The highest BCUT2D eigenvalue weighted by atomic mass is 79.9. The lowest BCUT2D eigenvalue weighted by Gasteiger charge is -2.15. The van der Waals surface area contributed by atoms with E-state index in [4.69, 9.17) is 0 Å². The van der Waals surface area contributed by atoms with E-state index in [0.717, 1.165) is 28.4 Å². The summed E-state index contributed by atoms with van der Waals surface area (Å²) in [6, 6.07) is 16.7. The van der Waals surface area contributed by atoms with Gasteiger partial charge in [-0.25, -0.2) is 8.42 Å². The average Bonchev–Trinajstić information content (AvgIpc) is 3.37. The summed E-state index contributed by atoms with van der Waals surface area (Å²) < 4.78 is 28.8. The minimum absolute atomic E-state index is 0.00410. The Labute approximate surface area is 224 Å². The number of rotatable bonds is 14. The molecule has 3 N–H and O–H groups in total. The zero-order valence-electron chi connectivity index (χ0n) is 19.7. The second-order valence-corrected chi connectivity index (χ2v) is 12.0. The van der Waals surface area contributed by atoms with Crippen molar-refractivity contribution in [2.24, 2.45) is 0 Å². The topological polar surface area (TPSA) is 113 Å². The molecular formula is C26H29BrN2O5S2. The molecule has 36 heavy (non-hydrogen) atoms. The SMILES string of the molecule is O=C(CCCc1cccs1)NCCCCC(NS(=O)(=O)c1ccc(-c2ccc(Br)cc2)cc1)C(=O)O. The van der Waals surface area contributed by atoms with Gasteiger partial charge in [0.25, 0.3) is 0 Å². The predicted molar refractivity (Wildman–Crippen MR) is 145 cm³/mol. The molecule has 1 unspecified atom stereocenters. The lowest BCUT2D eigenvalue weighted by Crippen LogP contribution is -2.40. The van der Waals surface area contributed by atoms with E-state index in [1.165, 1.54) is 17.0 Å². The third-order valence-electron chi connectivity index (χ3n) is 5.59. The van der Waals surface area contributed by atoms with Gasteiger partial charge in [0.1, 0.15) is 6.04 Å². The molecule has 1 amide bonds. The smallest absolute Gasteiger partial charge is 0.321 e. The van der Waals surface area contributed by atoms with E-state index in [0.29, 0.717) is 25.8 Å². The first-order valence-electron chi connectivity index (χ1n) is 11.6. The average molecular weight is 594 g/mol. The van der Waals surface area contributed by atoms with Crippen molar-refractivity contribution in [1.29, 1.82) is 0 Å². The number of carbonyl (C=O) groups is 2. The van der Waals surface area contributed by atoms with Gasteiger partial charge in [-0.2, -0.15) is 4.72 Å². The molecule has 0 aliphatic carbocycles. The molecule has 0 fully saturated rings. The second-order valence-electron chi connectivity index (χ2n) is 8.32. The van der Waals surface area contributed by atoms with Crippen molar-refractivity contribution in [1.82, 2.24) is 10.0 Å². The number of carboxylic acid groups (broad SMARTS) is 1. The van der Waals surface area contributed by atoms with Gasteiger partial charge < -0.3 is 10.4 Å². The molecule has 1 atom stereocenters.